The molecule has 1 fully saturated rings. The topological polar surface area (TPSA) is 53.9 Å². The van der Waals surface area contributed by atoms with Crippen LogP contribution in [0.5, 0.6) is 0 Å². The Balaban J connectivity index is 1.59. The van der Waals surface area contributed by atoms with E-state index >= 15 is 0 Å². The van der Waals surface area contributed by atoms with Crippen molar-refractivity contribution in [2.75, 3.05) is 0 Å². The second-order valence-electron chi connectivity index (χ2n) is 7.05. The molecular formula is C21H22N4OS. The average Bonchev–Trinajstić information content (AvgIpc) is 3.45. The normalized spacial score (nSPS) is 13.5. The zero-order valence-corrected chi connectivity index (χ0v) is 16.1. The number of aromatic amines is 1. The molecule has 0 spiro atoms. The highest BCUT2D eigenvalue weighted by Crippen LogP contribution is 2.29. The van der Waals surface area contributed by atoms with E-state index in [-0.39, 0.29) is 12.5 Å². The highest BCUT2D eigenvalue weighted by Gasteiger charge is 2.32. The first-order chi connectivity index (χ1) is 13.1. The van der Waals surface area contributed by atoms with Gasteiger partial charge < -0.3 is 4.90 Å². The van der Waals surface area contributed by atoms with Gasteiger partial charge in [-0.25, -0.2) is 0 Å². The summed E-state index contributed by atoms with van der Waals surface area (Å²) in [5, 5.41) is 7.20. The summed E-state index contributed by atoms with van der Waals surface area (Å²) < 4.78 is 2.27. The van der Waals surface area contributed by atoms with E-state index in [1.54, 1.807) is 4.57 Å². The molecule has 0 atom stereocenters. The van der Waals surface area contributed by atoms with Crippen molar-refractivity contribution < 1.29 is 4.79 Å². The monoisotopic (exact) mass is 378 g/mol. The van der Waals surface area contributed by atoms with Gasteiger partial charge in [0.1, 0.15) is 6.54 Å². The number of H-pyrrole nitrogens is 1. The third-order valence-corrected chi connectivity index (χ3v) is 5.14. The summed E-state index contributed by atoms with van der Waals surface area (Å²) in [5.74, 6) is 0.778. The number of hydrogen-bond acceptors (Lipinski definition) is 3. The number of carbonyl (C=O) groups excluding carboxylic acids is 1. The van der Waals surface area contributed by atoms with E-state index in [0.717, 1.165) is 29.5 Å². The third kappa shape index (κ3) is 4.01. The number of hydrogen-bond donors (Lipinski definition) is 1. The van der Waals surface area contributed by atoms with Crippen molar-refractivity contribution in [1.82, 2.24) is 19.7 Å². The zero-order valence-electron chi connectivity index (χ0n) is 15.3. The maximum absolute atomic E-state index is 13.1. The van der Waals surface area contributed by atoms with Crippen LogP contribution in [0.3, 0.4) is 0 Å². The molecule has 27 heavy (non-hydrogen) atoms. The van der Waals surface area contributed by atoms with Gasteiger partial charge in [-0.3, -0.25) is 14.5 Å². The van der Waals surface area contributed by atoms with Crippen LogP contribution in [0.2, 0.25) is 0 Å². The maximum atomic E-state index is 13.1. The van der Waals surface area contributed by atoms with Crippen LogP contribution in [-0.4, -0.2) is 31.6 Å². The minimum Gasteiger partial charge on any atom is -0.334 e. The first-order valence-electron chi connectivity index (χ1n) is 9.17. The lowest BCUT2D eigenvalue weighted by atomic mass is 10.1. The first-order valence-corrected chi connectivity index (χ1v) is 9.58. The van der Waals surface area contributed by atoms with E-state index < -0.39 is 0 Å². The molecule has 1 aromatic heterocycles. The van der Waals surface area contributed by atoms with Crippen molar-refractivity contribution in [2.45, 2.75) is 38.9 Å². The zero-order chi connectivity index (χ0) is 18.8. The summed E-state index contributed by atoms with van der Waals surface area (Å²) in [6.45, 7) is 2.87. The van der Waals surface area contributed by atoms with Gasteiger partial charge in [-0.1, -0.05) is 54.1 Å². The molecule has 0 saturated heterocycles. The predicted molar refractivity (Wildman–Crippen MR) is 108 cm³/mol. The van der Waals surface area contributed by atoms with Crippen molar-refractivity contribution in [3.63, 3.8) is 0 Å². The lowest BCUT2D eigenvalue weighted by molar-refractivity contribution is -0.133. The number of benzene rings is 2. The molecule has 138 valence electrons. The minimum absolute atomic E-state index is 0.0766. The smallest absolute Gasteiger partial charge is 0.243 e. The van der Waals surface area contributed by atoms with Crippen molar-refractivity contribution in [2.24, 2.45) is 0 Å². The molecule has 0 radical (unpaired) electrons. The van der Waals surface area contributed by atoms with E-state index in [2.05, 4.69) is 28.4 Å². The Morgan fingerprint density at radius 2 is 2.00 bits per heavy atom. The molecule has 1 N–H and O–H groups in total. The Bertz CT molecular complexity index is 1000. The van der Waals surface area contributed by atoms with Gasteiger partial charge in [0.25, 0.3) is 0 Å². The SMILES string of the molecule is Cc1cccc(-c2n[nH]c(=S)n2CC(=O)N(Cc2ccccc2)C2CC2)c1. The van der Waals surface area contributed by atoms with Gasteiger partial charge in [-0.05, 0) is 43.6 Å². The Kier molecular flexibility index (Phi) is 4.90. The molecule has 1 saturated carbocycles. The highest BCUT2D eigenvalue weighted by molar-refractivity contribution is 7.71. The van der Waals surface area contributed by atoms with Crippen LogP contribution in [0.15, 0.2) is 54.6 Å². The number of nitrogens with one attached hydrogen (secondary N) is 1. The van der Waals surface area contributed by atoms with Crippen molar-refractivity contribution in [3.05, 3.63) is 70.5 Å². The molecule has 0 unspecified atom stereocenters. The quantitative estimate of drug-likeness (QED) is 0.657. The Hall–Kier alpha value is -2.73. The third-order valence-electron chi connectivity index (χ3n) is 4.83. The molecule has 0 bridgehead atoms. The van der Waals surface area contributed by atoms with Gasteiger partial charge in [-0.15, -0.1) is 0 Å². The second-order valence-corrected chi connectivity index (χ2v) is 7.43. The standard InChI is InChI=1S/C21H22N4OS/c1-15-6-5-9-17(12-15)20-22-23-21(27)25(20)14-19(26)24(18-10-11-18)13-16-7-3-2-4-8-16/h2-9,12,18H,10-11,13-14H2,1H3,(H,23,27). The molecule has 1 heterocycles. The number of aromatic nitrogens is 3. The predicted octanol–water partition coefficient (Wildman–Crippen LogP) is 4.11. The van der Waals surface area contributed by atoms with E-state index in [9.17, 15) is 4.79 Å². The van der Waals surface area contributed by atoms with Crippen LogP contribution in [0.1, 0.15) is 24.0 Å². The van der Waals surface area contributed by atoms with Crippen molar-refractivity contribution in [1.29, 1.82) is 0 Å². The van der Waals surface area contributed by atoms with Crippen LogP contribution in [0, 0.1) is 11.7 Å². The van der Waals surface area contributed by atoms with Crippen LogP contribution in [0.25, 0.3) is 11.4 Å². The number of carbonyl (C=O) groups is 1. The fraction of sp³-hybridized carbons (Fsp3) is 0.286. The number of aryl methyl sites for hydroxylation is 1. The summed E-state index contributed by atoms with van der Waals surface area (Å²) in [4.78, 5) is 15.1. The molecule has 5 nitrogen and oxygen atoms in total. The molecule has 1 aliphatic rings. The van der Waals surface area contributed by atoms with E-state index in [1.165, 1.54) is 0 Å². The van der Waals surface area contributed by atoms with E-state index in [1.807, 2.05) is 48.2 Å². The molecule has 2 aromatic carbocycles. The molecule has 3 aromatic rings. The summed E-state index contributed by atoms with van der Waals surface area (Å²) in [6.07, 6.45) is 2.14. The molecule has 4 rings (SSSR count). The Labute approximate surface area is 163 Å². The van der Waals surface area contributed by atoms with E-state index in [4.69, 9.17) is 12.2 Å². The second kappa shape index (κ2) is 7.48. The van der Waals surface area contributed by atoms with Gasteiger partial charge in [0.15, 0.2) is 10.6 Å². The Morgan fingerprint density at radius 3 is 2.70 bits per heavy atom. The van der Waals surface area contributed by atoms with Crippen LogP contribution in [0.4, 0.5) is 0 Å². The maximum Gasteiger partial charge on any atom is 0.243 e. The van der Waals surface area contributed by atoms with Crippen molar-refractivity contribution in [3.8, 4) is 11.4 Å². The number of rotatable bonds is 6. The summed E-state index contributed by atoms with van der Waals surface area (Å²) in [6, 6.07) is 18.5. The molecule has 6 heteroatoms. The van der Waals surface area contributed by atoms with Gasteiger partial charge in [-0.2, -0.15) is 5.10 Å². The van der Waals surface area contributed by atoms with Gasteiger partial charge in [0, 0.05) is 18.2 Å². The molecule has 0 aliphatic heterocycles. The molecule has 1 amide bonds. The first kappa shape index (κ1) is 17.7. The Morgan fingerprint density at radius 1 is 1.22 bits per heavy atom. The van der Waals surface area contributed by atoms with Gasteiger partial charge >= 0.3 is 0 Å². The van der Waals surface area contributed by atoms with Crippen molar-refractivity contribution >= 4 is 18.1 Å². The highest BCUT2D eigenvalue weighted by atomic mass is 32.1. The van der Waals surface area contributed by atoms with Crippen LogP contribution in [-0.2, 0) is 17.9 Å². The number of nitrogens with zero attached hydrogens (tertiary/aromatic N) is 3. The summed E-state index contributed by atoms with van der Waals surface area (Å²) in [5.41, 5.74) is 3.24. The van der Waals surface area contributed by atoms with E-state index in [0.29, 0.717) is 23.2 Å². The average molecular weight is 379 g/mol. The van der Waals surface area contributed by atoms with Crippen LogP contribution < -0.4 is 0 Å². The molecule has 1 aliphatic carbocycles. The minimum atomic E-state index is 0.0766. The van der Waals surface area contributed by atoms with Gasteiger partial charge in [0.2, 0.25) is 5.91 Å². The largest absolute Gasteiger partial charge is 0.334 e. The van der Waals surface area contributed by atoms with Gasteiger partial charge in [0.05, 0.1) is 0 Å². The summed E-state index contributed by atoms with van der Waals surface area (Å²) >= 11 is 5.40. The molecular weight excluding hydrogens is 356 g/mol. The fourth-order valence-electron chi connectivity index (χ4n) is 3.28. The number of amides is 1. The lowest BCUT2D eigenvalue weighted by Gasteiger charge is -2.23. The lowest BCUT2D eigenvalue weighted by Crippen LogP contribution is -2.35. The van der Waals surface area contributed by atoms with Crippen LogP contribution >= 0.6 is 12.2 Å². The summed E-state index contributed by atoms with van der Waals surface area (Å²) in [7, 11) is 0. The fourth-order valence-corrected chi connectivity index (χ4v) is 3.48.